The van der Waals surface area contributed by atoms with Gasteiger partial charge in [-0.05, 0) is 43.3 Å². The van der Waals surface area contributed by atoms with Gasteiger partial charge in [0.1, 0.15) is 11.4 Å². The number of benzene rings is 2. The van der Waals surface area contributed by atoms with Crippen molar-refractivity contribution < 1.29 is 13.6 Å². The molecule has 5 heteroatoms. The van der Waals surface area contributed by atoms with E-state index in [1.807, 2.05) is 12.1 Å². The molecule has 3 rings (SSSR count). The Morgan fingerprint density at radius 1 is 1.10 bits per heavy atom. The molecule has 0 radical (unpaired) electrons. The summed E-state index contributed by atoms with van der Waals surface area (Å²) in [6, 6.07) is 9.79. The first kappa shape index (κ1) is 14.5. The summed E-state index contributed by atoms with van der Waals surface area (Å²) in [5.74, 6) is -0.858. The van der Waals surface area contributed by atoms with Gasteiger partial charge in [0.25, 0.3) is 0 Å². The summed E-state index contributed by atoms with van der Waals surface area (Å²) in [7, 11) is 0. The van der Waals surface area contributed by atoms with E-state index in [1.54, 1.807) is 19.1 Å². The molecule has 1 heterocycles. The van der Waals surface area contributed by atoms with Gasteiger partial charge in [-0.15, -0.1) is 0 Å². The zero-order valence-electron chi connectivity index (χ0n) is 10.9. The summed E-state index contributed by atoms with van der Waals surface area (Å²) in [6.45, 7) is 1.79. The first-order valence-corrected chi connectivity index (χ1v) is 7.74. The van der Waals surface area contributed by atoms with Crippen molar-refractivity contribution in [3.8, 4) is 0 Å². The minimum absolute atomic E-state index is 0.00871. The fourth-order valence-corrected chi connectivity index (χ4v) is 2.91. The van der Waals surface area contributed by atoms with Gasteiger partial charge < -0.3 is 4.42 Å². The lowest BCUT2D eigenvalue weighted by atomic mass is 10.0. The van der Waals surface area contributed by atoms with Crippen molar-refractivity contribution in [1.29, 1.82) is 0 Å². The summed E-state index contributed by atoms with van der Waals surface area (Å²) in [6.07, 6.45) is 0. The van der Waals surface area contributed by atoms with Gasteiger partial charge in [0, 0.05) is 19.9 Å². The van der Waals surface area contributed by atoms with Crippen LogP contribution >= 0.6 is 31.9 Å². The Balaban J connectivity index is 2.18. The van der Waals surface area contributed by atoms with Gasteiger partial charge in [-0.1, -0.05) is 31.9 Å². The fourth-order valence-electron chi connectivity index (χ4n) is 2.21. The molecular formula is C16H9Br2FO2. The second-order valence-electron chi connectivity index (χ2n) is 4.65. The average Bonchev–Trinajstić information content (AvgIpc) is 2.77. The van der Waals surface area contributed by atoms with E-state index in [0.29, 0.717) is 15.6 Å². The van der Waals surface area contributed by atoms with Crippen molar-refractivity contribution in [2.75, 3.05) is 0 Å². The first-order valence-electron chi connectivity index (χ1n) is 6.16. The number of carbonyl (C=O) groups excluding carboxylic acids is 1. The Bertz CT molecular complexity index is 868. The SMILES string of the molecule is Cc1c(C(=O)c2cc(Br)ccc2F)oc2cc(Br)ccc12. The normalized spacial score (nSPS) is 11.0. The smallest absolute Gasteiger partial charge is 0.231 e. The molecule has 1 aromatic heterocycles. The molecule has 2 aromatic carbocycles. The van der Waals surface area contributed by atoms with Crippen LogP contribution in [0.25, 0.3) is 11.0 Å². The highest BCUT2D eigenvalue weighted by molar-refractivity contribution is 9.10. The van der Waals surface area contributed by atoms with Crippen molar-refractivity contribution in [2.45, 2.75) is 6.92 Å². The average molecular weight is 412 g/mol. The van der Waals surface area contributed by atoms with Crippen LogP contribution < -0.4 is 0 Å². The highest BCUT2D eigenvalue weighted by Gasteiger charge is 2.22. The second kappa shape index (κ2) is 5.39. The van der Waals surface area contributed by atoms with Gasteiger partial charge in [0.05, 0.1) is 5.56 Å². The van der Waals surface area contributed by atoms with Gasteiger partial charge in [-0.3, -0.25) is 4.79 Å². The molecule has 0 bridgehead atoms. The number of carbonyl (C=O) groups is 1. The summed E-state index contributed by atoms with van der Waals surface area (Å²) >= 11 is 6.60. The molecule has 3 aromatic rings. The zero-order valence-corrected chi connectivity index (χ0v) is 14.1. The molecule has 0 aliphatic carbocycles. The topological polar surface area (TPSA) is 30.2 Å². The Morgan fingerprint density at radius 3 is 2.52 bits per heavy atom. The zero-order chi connectivity index (χ0) is 15.1. The van der Waals surface area contributed by atoms with Crippen LogP contribution in [0.15, 0.2) is 49.8 Å². The minimum Gasteiger partial charge on any atom is -0.452 e. The third-order valence-corrected chi connectivity index (χ3v) is 4.27. The molecule has 0 aliphatic heterocycles. The van der Waals surface area contributed by atoms with Gasteiger partial charge in [0.15, 0.2) is 5.76 Å². The van der Waals surface area contributed by atoms with E-state index < -0.39 is 11.6 Å². The number of hydrogen-bond acceptors (Lipinski definition) is 2. The van der Waals surface area contributed by atoms with E-state index in [0.717, 1.165) is 9.86 Å². The maximum Gasteiger partial charge on any atom is 0.231 e. The van der Waals surface area contributed by atoms with Crippen molar-refractivity contribution >= 4 is 48.6 Å². The Kier molecular flexibility index (Phi) is 3.71. The van der Waals surface area contributed by atoms with E-state index >= 15 is 0 Å². The van der Waals surface area contributed by atoms with Crippen molar-refractivity contribution in [3.05, 3.63) is 68.0 Å². The summed E-state index contributed by atoms with van der Waals surface area (Å²) in [4.78, 5) is 12.5. The highest BCUT2D eigenvalue weighted by atomic mass is 79.9. The molecule has 21 heavy (non-hydrogen) atoms. The van der Waals surface area contributed by atoms with Crippen LogP contribution in [0, 0.1) is 12.7 Å². The molecule has 106 valence electrons. The predicted molar refractivity (Wildman–Crippen MR) is 86.2 cm³/mol. The third kappa shape index (κ3) is 2.56. The molecule has 0 atom stereocenters. The number of fused-ring (bicyclic) bond motifs is 1. The summed E-state index contributed by atoms with van der Waals surface area (Å²) in [5.41, 5.74) is 1.30. The molecule has 0 aliphatic rings. The van der Waals surface area contributed by atoms with Gasteiger partial charge in [-0.2, -0.15) is 0 Å². The lowest BCUT2D eigenvalue weighted by Crippen LogP contribution is -2.04. The van der Waals surface area contributed by atoms with E-state index in [2.05, 4.69) is 31.9 Å². The predicted octanol–water partition coefficient (Wildman–Crippen LogP) is 5.64. The number of aryl methyl sites for hydroxylation is 1. The van der Waals surface area contributed by atoms with Crippen LogP contribution in [-0.2, 0) is 0 Å². The summed E-state index contributed by atoms with van der Waals surface area (Å²) in [5, 5.41) is 0.844. The Labute approximate surface area is 137 Å². The molecule has 0 saturated heterocycles. The molecule has 0 N–H and O–H groups in total. The maximum absolute atomic E-state index is 13.9. The van der Waals surface area contributed by atoms with Crippen molar-refractivity contribution in [1.82, 2.24) is 0 Å². The van der Waals surface area contributed by atoms with E-state index in [1.165, 1.54) is 12.1 Å². The number of ketones is 1. The molecule has 0 spiro atoms. The van der Waals surface area contributed by atoms with Crippen molar-refractivity contribution in [3.63, 3.8) is 0 Å². The lowest BCUT2D eigenvalue weighted by molar-refractivity contribution is 0.101. The van der Waals surface area contributed by atoms with E-state index in [9.17, 15) is 9.18 Å². The quantitative estimate of drug-likeness (QED) is 0.511. The van der Waals surface area contributed by atoms with Crippen LogP contribution in [0.4, 0.5) is 4.39 Å². The van der Waals surface area contributed by atoms with Crippen LogP contribution in [0.3, 0.4) is 0 Å². The molecule has 2 nitrogen and oxygen atoms in total. The van der Waals surface area contributed by atoms with Gasteiger partial charge in [-0.25, -0.2) is 4.39 Å². The first-order chi connectivity index (χ1) is 9.97. The molecule has 0 amide bonds. The van der Waals surface area contributed by atoms with Crippen molar-refractivity contribution in [2.24, 2.45) is 0 Å². The largest absolute Gasteiger partial charge is 0.452 e. The molecule has 0 saturated carbocycles. The Hall–Kier alpha value is -1.46. The standard InChI is InChI=1S/C16H9Br2FO2/c1-8-11-4-2-10(18)7-14(11)21-16(8)15(20)12-6-9(17)3-5-13(12)19/h2-7H,1H3. The molecule has 0 unspecified atom stereocenters. The van der Waals surface area contributed by atoms with Crippen LogP contribution in [0.5, 0.6) is 0 Å². The minimum atomic E-state index is -0.566. The monoisotopic (exact) mass is 410 g/mol. The lowest BCUT2D eigenvalue weighted by Gasteiger charge is -2.02. The molecular weight excluding hydrogens is 403 g/mol. The van der Waals surface area contributed by atoms with Crippen LogP contribution in [0.1, 0.15) is 21.7 Å². The second-order valence-corrected chi connectivity index (χ2v) is 6.48. The number of halogens is 3. The van der Waals surface area contributed by atoms with Gasteiger partial charge >= 0.3 is 0 Å². The maximum atomic E-state index is 13.9. The summed E-state index contributed by atoms with van der Waals surface area (Å²) < 4.78 is 21.0. The third-order valence-electron chi connectivity index (χ3n) is 3.28. The van der Waals surface area contributed by atoms with Gasteiger partial charge in [0.2, 0.25) is 5.78 Å². The Morgan fingerprint density at radius 2 is 1.76 bits per heavy atom. The van der Waals surface area contributed by atoms with E-state index in [4.69, 9.17) is 4.42 Å². The number of rotatable bonds is 2. The van der Waals surface area contributed by atoms with E-state index in [-0.39, 0.29) is 11.3 Å². The van der Waals surface area contributed by atoms with Crippen LogP contribution in [0.2, 0.25) is 0 Å². The van der Waals surface area contributed by atoms with Crippen LogP contribution in [-0.4, -0.2) is 5.78 Å². The number of furan rings is 1. The fraction of sp³-hybridized carbons (Fsp3) is 0.0625. The number of hydrogen-bond donors (Lipinski definition) is 0. The highest BCUT2D eigenvalue weighted by Crippen LogP contribution is 2.30. The molecule has 0 fully saturated rings.